The average molecular weight is 669 g/mol. The number of aryl methyl sites for hydroxylation is 1. The largest absolute Gasteiger partial charge is 0.667 e. The predicted molar refractivity (Wildman–Crippen MR) is 102 cm³/mol. The number of hydrogen-bond acceptors (Lipinski definition) is 3. The van der Waals surface area contributed by atoms with Crippen LogP contribution in [0.5, 0.6) is 0 Å². The van der Waals surface area contributed by atoms with Crippen LogP contribution in [-0.2, 0) is 14.8 Å². The average Bonchev–Trinajstić information content (AvgIpc) is 2.75. The number of nitrogens with one attached hydrogen (secondary N) is 3. The van der Waals surface area contributed by atoms with Gasteiger partial charge in [0.2, 0.25) is 5.91 Å². The first kappa shape index (κ1) is 33.4. The molecule has 0 saturated heterocycles. The number of benzene rings is 2. The van der Waals surface area contributed by atoms with Gasteiger partial charge in [-0.2, -0.15) is 0 Å². The molecule has 0 bridgehead atoms. The van der Waals surface area contributed by atoms with Gasteiger partial charge >= 0.3 is 0 Å². The van der Waals surface area contributed by atoms with Crippen molar-refractivity contribution in [2.45, 2.75) is 24.8 Å². The number of anilines is 2. The van der Waals surface area contributed by atoms with Crippen molar-refractivity contribution >= 4 is 27.3 Å². The first-order valence-electron chi connectivity index (χ1n) is 7.66. The molecule has 30 heavy (non-hydrogen) atoms. The van der Waals surface area contributed by atoms with E-state index in [2.05, 4.69) is 10.0 Å². The Labute approximate surface area is 207 Å². The normalized spacial score (nSPS) is 10.2. The Morgan fingerprint density at radius 3 is 1.97 bits per heavy atom. The molecule has 2 aromatic carbocycles. The maximum absolute atomic E-state index is 12.3. The van der Waals surface area contributed by atoms with Gasteiger partial charge in [0, 0.05) is 68.0 Å². The van der Waals surface area contributed by atoms with Gasteiger partial charge in [-0.25, -0.2) is 8.42 Å². The molecule has 6 nitrogen and oxygen atoms in total. The third kappa shape index (κ3) is 11.8. The van der Waals surface area contributed by atoms with Crippen molar-refractivity contribution in [2.24, 2.45) is 0 Å². The van der Waals surface area contributed by atoms with E-state index in [-0.39, 0.29) is 49.0 Å². The molecule has 0 aliphatic carbocycles. The van der Waals surface area contributed by atoms with E-state index in [0.29, 0.717) is 18.6 Å². The number of alkyl halides is 1. The van der Waals surface area contributed by atoms with Crippen LogP contribution in [0.25, 0.3) is 5.73 Å². The van der Waals surface area contributed by atoms with Crippen LogP contribution in [0.4, 0.5) is 34.1 Å². The van der Waals surface area contributed by atoms with Gasteiger partial charge in [0.05, 0.1) is 17.8 Å². The molecule has 1 amide bonds. The summed E-state index contributed by atoms with van der Waals surface area (Å²) in [4.78, 5) is 11.8. The predicted octanol–water partition coefficient (Wildman–Crippen LogP) is 5.44. The number of rotatable bonds is 5. The molecule has 1 radical (unpaired) electrons. The summed E-state index contributed by atoms with van der Waals surface area (Å²) in [5, 5.41) is 2.61. The van der Waals surface area contributed by atoms with Crippen molar-refractivity contribution in [3.8, 4) is 0 Å². The molecule has 0 unspecified atom stereocenters. The van der Waals surface area contributed by atoms with Crippen LogP contribution in [0, 0.1) is 51.0 Å². The molecule has 3 N–H and O–H groups in total. The molecule has 0 saturated carbocycles. The zero-order valence-electron chi connectivity index (χ0n) is 16.3. The zero-order chi connectivity index (χ0) is 23.0. The Kier molecular flexibility index (Phi) is 20.5. The van der Waals surface area contributed by atoms with Gasteiger partial charge in [-0.1, -0.05) is 37.2 Å². The first-order chi connectivity index (χ1) is 13.8. The van der Waals surface area contributed by atoms with E-state index < -0.39 is 22.0 Å². The second-order valence-electron chi connectivity index (χ2n) is 5.16. The quantitative estimate of drug-likeness (QED) is 0.415. The summed E-state index contributed by atoms with van der Waals surface area (Å²) in [6.45, 7) is 3.26. The Morgan fingerprint density at radius 1 is 1.00 bits per heavy atom. The first-order valence-corrected chi connectivity index (χ1v) is 9.15. The van der Waals surface area contributed by atoms with Gasteiger partial charge in [-0.3, -0.25) is 13.9 Å². The second-order valence-corrected chi connectivity index (χ2v) is 6.84. The Morgan fingerprint density at radius 2 is 1.50 bits per heavy atom. The molecule has 13 heteroatoms. The van der Waals surface area contributed by atoms with Crippen LogP contribution in [0.1, 0.15) is 12.5 Å². The van der Waals surface area contributed by atoms with Gasteiger partial charge in [0.1, 0.15) is 0 Å². The van der Waals surface area contributed by atoms with Crippen molar-refractivity contribution in [1.29, 1.82) is 0 Å². The van der Waals surface area contributed by atoms with Gasteiger partial charge in [-0.15, -0.1) is 0 Å². The molecular weight excluding hydrogens is 648 g/mol. The maximum atomic E-state index is 12.3. The third-order valence-corrected chi connectivity index (χ3v) is 4.59. The fourth-order valence-electron chi connectivity index (χ4n) is 1.87. The van der Waals surface area contributed by atoms with Crippen molar-refractivity contribution in [3.63, 3.8) is 0 Å². The summed E-state index contributed by atoms with van der Waals surface area (Å²) < 4.78 is 68.6. The van der Waals surface area contributed by atoms with Crippen LogP contribution in [0.3, 0.4) is 0 Å². The van der Waals surface area contributed by atoms with E-state index in [0.717, 1.165) is 5.56 Å². The zero-order valence-corrected chi connectivity index (χ0v) is 21.9. The fourth-order valence-corrected chi connectivity index (χ4v) is 2.95. The van der Waals surface area contributed by atoms with Crippen molar-refractivity contribution in [2.75, 3.05) is 17.2 Å². The monoisotopic (exact) mass is 669 g/mol. The molecule has 0 aromatic heterocycles. The Bertz CT molecular complexity index is 829. The molecule has 2 rings (SSSR count). The molecule has 0 heterocycles. The van der Waals surface area contributed by atoms with E-state index >= 15 is 0 Å². The summed E-state index contributed by atoms with van der Waals surface area (Å²) in [5.74, 6) is -0.448. The molecule has 0 fully saturated rings. The SMILES string of the molecule is CF.Cc1ccc(NS(=O)(=O)c2ccccc2)cc1NC(=O)[C@@H](C)[NH-].FF.FF.[Ac]. The van der Waals surface area contributed by atoms with E-state index in [1.54, 1.807) is 37.3 Å². The topological polar surface area (TPSA) is 99.1 Å². The minimum absolute atomic E-state index is 0. The summed E-state index contributed by atoms with van der Waals surface area (Å²) in [6.07, 6.45) is 0. The van der Waals surface area contributed by atoms with E-state index in [4.69, 9.17) is 24.0 Å². The van der Waals surface area contributed by atoms with E-state index in [1.807, 2.05) is 0 Å². The van der Waals surface area contributed by atoms with Gasteiger partial charge < -0.3 is 11.1 Å². The van der Waals surface area contributed by atoms with Gasteiger partial charge in [0.15, 0.2) is 0 Å². The molecule has 0 spiro atoms. The van der Waals surface area contributed by atoms with Crippen LogP contribution < -0.4 is 10.0 Å². The Hall–Kier alpha value is -1.29. The second kappa shape index (κ2) is 18.5. The summed E-state index contributed by atoms with van der Waals surface area (Å²) in [7, 11) is -3.19. The molecule has 0 aliphatic heterocycles. The molecule has 0 aliphatic rings. The Balaban J connectivity index is -0.000000955. The minimum atomic E-state index is -3.69. The number of carbonyl (C=O) groups is 1. The number of halogens is 5. The standard InChI is InChI=1S/C16H18N3O3S.CH3F.Ac.2F2/c1-11-8-9-13(10-15(11)18-16(20)12(2)17)19-23(21,22)14-6-4-3-5-7-14;1-2;;2*1-2/h3-10,12,17,19H,1-2H3,(H,18,20);1H3;;;/q-1;;;;/t12-;;;;/m1..../s1. The maximum Gasteiger partial charge on any atom is 0.261 e. The number of sulfonamides is 1. The summed E-state index contributed by atoms with van der Waals surface area (Å²) in [5.41, 5.74) is 8.98. The van der Waals surface area contributed by atoms with E-state index in [9.17, 15) is 17.6 Å². The third-order valence-electron chi connectivity index (χ3n) is 3.19. The van der Waals surface area contributed by atoms with Crippen molar-refractivity contribution in [1.82, 2.24) is 0 Å². The van der Waals surface area contributed by atoms with Gasteiger partial charge in [0.25, 0.3) is 10.0 Å². The fraction of sp³-hybridized carbons (Fsp3) is 0.235. The summed E-state index contributed by atoms with van der Waals surface area (Å²) in [6, 6.07) is 12.0. The number of carbonyl (C=O) groups excluding carboxylic acids is 1. The van der Waals surface area contributed by atoms with E-state index in [1.165, 1.54) is 25.1 Å². The van der Waals surface area contributed by atoms with Crippen molar-refractivity contribution in [3.05, 3.63) is 59.8 Å². The van der Waals surface area contributed by atoms with Gasteiger partial charge in [-0.05, 0) is 36.8 Å². The smallest absolute Gasteiger partial charge is 0.261 e. The molecular formula is C17H21AcF5N3O3S-. The molecule has 1 atom stereocenters. The minimum Gasteiger partial charge on any atom is -0.667 e. The van der Waals surface area contributed by atoms with Crippen LogP contribution >= 0.6 is 0 Å². The summed E-state index contributed by atoms with van der Waals surface area (Å²) >= 11 is 0. The number of hydrogen-bond donors (Lipinski definition) is 2. The van der Waals surface area contributed by atoms with Crippen LogP contribution in [0.15, 0.2) is 53.4 Å². The van der Waals surface area contributed by atoms with Crippen LogP contribution in [-0.4, -0.2) is 27.5 Å². The number of amides is 1. The molecule has 2 aromatic rings. The van der Waals surface area contributed by atoms with Crippen molar-refractivity contribution < 1.29 is 80.0 Å². The van der Waals surface area contributed by atoms with Crippen LogP contribution in [0.2, 0.25) is 0 Å². The molecule has 167 valence electrons.